The summed E-state index contributed by atoms with van der Waals surface area (Å²) in [6, 6.07) is 9.57. The quantitative estimate of drug-likeness (QED) is 0.462. The minimum absolute atomic E-state index is 0.159. The van der Waals surface area contributed by atoms with Crippen LogP contribution in [-0.2, 0) is 15.6 Å². The van der Waals surface area contributed by atoms with Gasteiger partial charge in [-0.15, -0.1) is 0 Å². The molecule has 30 heavy (non-hydrogen) atoms. The standard InChI is InChI=1S/C24H43NO4Si/c1-17(2)30(18(3)4,19(5)6)29-22(16-26)21(15-20-13-11-10-12-14-20)25-23(27)28-24(7,8)9/h10-14,17-19,21-22,26H,15-16H2,1-9H3,(H,25,27). The Morgan fingerprint density at radius 2 is 1.50 bits per heavy atom. The summed E-state index contributed by atoms with van der Waals surface area (Å²) in [5, 5.41) is 13.3. The smallest absolute Gasteiger partial charge is 0.407 e. The van der Waals surface area contributed by atoms with Gasteiger partial charge in [0.2, 0.25) is 8.32 Å². The van der Waals surface area contributed by atoms with E-state index in [0.29, 0.717) is 23.0 Å². The van der Waals surface area contributed by atoms with Crippen LogP contribution in [0.15, 0.2) is 30.3 Å². The second-order valence-corrected chi connectivity index (χ2v) is 15.5. The lowest BCUT2D eigenvalue weighted by molar-refractivity contribution is 0.0341. The Labute approximate surface area is 184 Å². The van der Waals surface area contributed by atoms with Gasteiger partial charge in [-0.2, -0.15) is 0 Å². The van der Waals surface area contributed by atoms with E-state index in [2.05, 4.69) is 46.9 Å². The third-order valence-electron chi connectivity index (χ3n) is 5.69. The highest BCUT2D eigenvalue weighted by atomic mass is 28.4. The Balaban J connectivity index is 3.23. The first-order valence-corrected chi connectivity index (χ1v) is 13.3. The van der Waals surface area contributed by atoms with Gasteiger partial charge in [0, 0.05) is 0 Å². The lowest BCUT2D eigenvalue weighted by Crippen LogP contribution is -2.57. The van der Waals surface area contributed by atoms with Crippen LogP contribution in [0.2, 0.25) is 16.6 Å². The largest absolute Gasteiger partial charge is 0.444 e. The maximum atomic E-state index is 12.6. The van der Waals surface area contributed by atoms with Crippen LogP contribution >= 0.6 is 0 Å². The van der Waals surface area contributed by atoms with Crippen molar-refractivity contribution in [3.63, 3.8) is 0 Å². The van der Waals surface area contributed by atoms with Crippen LogP contribution in [0.5, 0.6) is 0 Å². The summed E-state index contributed by atoms with van der Waals surface area (Å²) >= 11 is 0. The molecular formula is C24H43NO4Si. The minimum Gasteiger partial charge on any atom is -0.444 e. The molecule has 1 amide bonds. The van der Waals surface area contributed by atoms with Crippen LogP contribution in [0.4, 0.5) is 4.79 Å². The Hall–Kier alpha value is -1.37. The molecule has 0 bridgehead atoms. The predicted molar refractivity (Wildman–Crippen MR) is 126 cm³/mol. The molecular weight excluding hydrogens is 394 g/mol. The van der Waals surface area contributed by atoms with Crippen molar-refractivity contribution in [2.75, 3.05) is 6.61 Å². The zero-order chi connectivity index (χ0) is 23.1. The van der Waals surface area contributed by atoms with Gasteiger partial charge < -0.3 is 19.6 Å². The Kier molecular flexibility index (Phi) is 10.0. The number of ether oxygens (including phenoxy) is 1. The van der Waals surface area contributed by atoms with Crippen LogP contribution in [-0.4, -0.2) is 43.9 Å². The summed E-state index contributed by atoms with van der Waals surface area (Å²) in [5.74, 6) is 0. The Bertz CT molecular complexity index is 619. The van der Waals surface area contributed by atoms with Crippen molar-refractivity contribution in [2.24, 2.45) is 0 Å². The molecule has 5 nitrogen and oxygen atoms in total. The number of carbonyl (C=O) groups is 1. The van der Waals surface area contributed by atoms with Crippen LogP contribution in [0.3, 0.4) is 0 Å². The fourth-order valence-electron chi connectivity index (χ4n) is 4.52. The fourth-order valence-corrected chi connectivity index (χ4v) is 10.1. The van der Waals surface area contributed by atoms with E-state index in [9.17, 15) is 9.90 Å². The normalized spacial score (nSPS) is 14.8. The second-order valence-electron chi connectivity index (χ2n) is 10.1. The van der Waals surface area contributed by atoms with Crippen molar-refractivity contribution in [2.45, 2.75) is 103 Å². The summed E-state index contributed by atoms with van der Waals surface area (Å²) in [6.45, 7) is 18.7. The molecule has 0 spiro atoms. The van der Waals surface area contributed by atoms with Gasteiger partial charge in [0.1, 0.15) is 5.60 Å². The molecule has 0 radical (unpaired) electrons. The van der Waals surface area contributed by atoms with Gasteiger partial charge in [-0.3, -0.25) is 0 Å². The van der Waals surface area contributed by atoms with Crippen molar-refractivity contribution in [1.29, 1.82) is 0 Å². The van der Waals surface area contributed by atoms with Gasteiger partial charge in [0.25, 0.3) is 0 Å². The summed E-state index contributed by atoms with van der Waals surface area (Å²) < 4.78 is 12.4. The first-order valence-electron chi connectivity index (χ1n) is 11.2. The Morgan fingerprint density at radius 1 is 1.00 bits per heavy atom. The van der Waals surface area contributed by atoms with E-state index < -0.39 is 32.2 Å². The molecule has 2 unspecified atom stereocenters. The molecule has 1 aromatic carbocycles. The third-order valence-corrected chi connectivity index (χ3v) is 11.8. The van der Waals surface area contributed by atoms with Gasteiger partial charge in [-0.25, -0.2) is 4.79 Å². The van der Waals surface area contributed by atoms with Crippen LogP contribution in [0.1, 0.15) is 67.9 Å². The van der Waals surface area contributed by atoms with Crippen molar-refractivity contribution < 1.29 is 19.1 Å². The van der Waals surface area contributed by atoms with Gasteiger partial charge in [0.05, 0.1) is 18.8 Å². The summed E-state index contributed by atoms with van der Waals surface area (Å²) in [6.07, 6.45) is -0.433. The van der Waals surface area contributed by atoms with Crippen LogP contribution in [0.25, 0.3) is 0 Å². The molecule has 2 N–H and O–H groups in total. The number of benzene rings is 1. The molecule has 0 saturated heterocycles. The van der Waals surface area contributed by atoms with E-state index in [0.717, 1.165) is 5.56 Å². The third kappa shape index (κ3) is 7.40. The lowest BCUT2D eigenvalue weighted by atomic mass is 10.0. The SMILES string of the molecule is CC(C)[Si](OC(CO)C(Cc1ccccc1)NC(=O)OC(C)(C)C)(C(C)C)C(C)C. The Morgan fingerprint density at radius 3 is 1.90 bits per heavy atom. The van der Waals surface area contributed by atoms with Crippen LogP contribution < -0.4 is 5.32 Å². The number of nitrogens with one attached hydrogen (secondary N) is 1. The number of aliphatic hydroxyl groups excluding tert-OH is 1. The average Bonchev–Trinajstić information content (AvgIpc) is 2.60. The second kappa shape index (κ2) is 11.3. The molecule has 0 saturated carbocycles. The number of hydrogen-bond acceptors (Lipinski definition) is 4. The molecule has 6 heteroatoms. The van der Waals surface area contributed by atoms with Crippen molar-refractivity contribution >= 4 is 14.4 Å². The molecule has 1 aromatic rings. The maximum Gasteiger partial charge on any atom is 0.407 e. The molecule has 1 rings (SSSR count). The number of rotatable bonds is 10. The predicted octanol–water partition coefficient (Wildman–Crippen LogP) is 5.68. The first-order chi connectivity index (χ1) is 13.8. The van der Waals surface area contributed by atoms with E-state index >= 15 is 0 Å². The highest BCUT2D eigenvalue weighted by Crippen LogP contribution is 2.43. The lowest BCUT2D eigenvalue weighted by Gasteiger charge is -2.45. The van der Waals surface area contributed by atoms with Crippen molar-refractivity contribution in [3.05, 3.63) is 35.9 Å². The van der Waals surface area contributed by atoms with E-state index in [4.69, 9.17) is 9.16 Å². The molecule has 0 aromatic heterocycles. The summed E-state index contributed by atoms with van der Waals surface area (Å²) in [5.41, 5.74) is 1.62. The zero-order valence-electron chi connectivity index (χ0n) is 20.4. The minimum atomic E-state index is -2.24. The molecule has 2 atom stereocenters. The molecule has 0 aliphatic heterocycles. The molecule has 0 aliphatic rings. The molecule has 0 heterocycles. The molecule has 0 fully saturated rings. The van der Waals surface area contributed by atoms with Crippen molar-refractivity contribution in [1.82, 2.24) is 5.32 Å². The van der Waals surface area contributed by atoms with Gasteiger partial charge in [-0.1, -0.05) is 71.9 Å². The van der Waals surface area contributed by atoms with E-state index in [1.807, 2.05) is 51.1 Å². The number of carbonyl (C=O) groups excluding carboxylic acids is 1. The first kappa shape index (κ1) is 26.7. The number of alkyl carbamates (subject to hydrolysis) is 1. The topological polar surface area (TPSA) is 67.8 Å². The van der Waals surface area contributed by atoms with E-state index in [1.54, 1.807) is 0 Å². The highest BCUT2D eigenvalue weighted by Gasteiger charge is 2.47. The maximum absolute atomic E-state index is 12.6. The zero-order valence-corrected chi connectivity index (χ0v) is 21.4. The van der Waals surface area contributed by atoms with Gasteiger partial charge in [-0.05, 0) is 49.4 Å². The molecule has 172 valence electrons. The fraction of sp³-hybridized carbons (Fsp3) is 0.708. The number of amides is 1. The van der Waals surface area contributed by atoms with E-state index in [1.165, 1.54) is 0 Å². The van der Waals surface area contributed by atoms with Gasteiger partial charge in [0.15, 0.2) is 0 Å². The summed E-state index contributed by atoms with van der Waals surface area (Å²) in [4.78, 5) is 12.6. The number of aliphatic hydroxyl groups is 1. The average molecular weight is 438 g/mol. The van der Waals surface area contributed by atoms with Gasteiger partial charge >= 0.3 is 6.09 Å². The monoisotopic (exact) mass is 437 g/mol. The summed E-state index contributed by atoms with van der Waals surface area (Å²) in [7, 11) is -2.24. The highest BCUT2D eigenvalue weighted by molar-refractivity contribution is 6.77. The van der Waals surface area contributed by atoms with Crippen LogP contribution in [0, 0.1) is 0 Å². The number of hydrogen-bond donors (Lipinski definition) is 2. The van der Waals surface area contributed by atoms with E-state index in [-0.39, 0.29) is 6.61 Å². The molecule has 0 aliphatic carbocycles. The van der Waals surface area contributed by atoms with Crippen molar-refractivity contribution in [3.8, 4) is 0 Å².